The Morgan fingerprint density at radius 1 is 1.11 bits per heavy atom. The number of amides is 1. The molecule has 0 saturated carbocycles. The lowest BCUT2D eigenvalue weighted by atomic mass is 9.93. The third kappa shape index (κ3) is 6.59. The summed E-state index contributed by atoms with van der Waals surface area (Å²) < 4.78 is 5.31. The molecule has 4 nitrogen and oxygen atoms in total. The molecule has 2 aliphatic rings. The molecule has 0 aliphatic carbocycles. The molecule has 0 aromatic carbocycles. The summed E-state index contributed by atoms with van der Waals surface area (Å²) in [5, 5.41) is 6.44. The van der Waals surface area contributed by atoms with E-state index in [9.17, 15) is 4.79 Å². The van der Waals surface area contributed by atoms with Crippen LogP contribution in [0.3, 0.4) is 0 Å². The Balaban J connectivity index is 0.00000180. The van der Waals surface area contributed by atoms with Crippen LogP contribution in [-0.2, 0) is 9.53 Å². The molecule has 19 heavy (non-hydrogen) atoms. The maximum Gasteiger partial charge on any atom is 0.220 e. The first kappa shape index (κ1) is 16.7. The molecular formula is C14H27ClN2O2. The van der Waals surface area contributed by atoms with E-state index in [1.807, 2.05) is 0 Å². The smallest absolute Gasteiger partial charge is 0.220 e. The molecule has 1 amide bonds. The van der Waals surface area contributed by atoms with E-state index in [1.165, 1.54) is 12.8 Å². The lowest BCUT2D eigenvalue weighted by molar-refractivity contribution is -0.121. The van der Waals surface area contributed by atoms with E-state index in [-0.39, 0.29) is 18.3 Å². The van der Waals surface area contributed by atoms with Gasteiger partial charge >= 0.3 is 0 Å². The van der Waals surface area contributed by atoms with Crippen molar-refractivity contribution in [3.63, 3.8) is 0 Å². The van der Waals surface area contributed by atoms with Crippen molar-refractivity contribution >= 4 is 18.3 Å². The van der Waals surface area contributed by atoms with Crippen LogP contribution in [0.15, 0.2) is 0 Å². The van der Waals surface area contributed by atoms with Crippen LogP contribution in [0.4, 0.5) is 0 Å². The SMILES string of the molecule is Cl.O=C(CCC1CCNCC1)NCC1CCOCC1. The summed E-state index contributed by atoms with van der Waals surface area (Å²) in [6, 6.07) is 0. The molecule has 5 heteroatoms. The van der Waals surface area contributed by atoms with Gasteiger partial charge in [0.1, 0.15) is 0 Å². The van der Waals surface area contributed by atoms with Gasteiger partial charge in [-0.15, -0.1) is 12.4 Å². The Labute approximate surface area is 122 Å². The third-order valence-corrected chi connectivity index (χ3v) is 4.17. The number of ether oxygens (including phenoxy) is 1. The topological polar surface area (TPSA) is 50.4 Å². The average Bonchev–Trinajstić information content (AvgIpc) is 2.45. The molecule has 0 radical (unpaired) electrons. The van der Waals surface area contributed by atoms with E-state index in [1.54, 1.807) is 0 Å². The Kier molecular flexibility index (Phi) is 8.42. The van der Waals surface area contributed by atoms with Crippen LogP contribution in [0.25, 0.3) is 0 Å². The predicted molar refractivity (Wildman–Crippen MR) is 78.6 cm³/mol. The zero-order valence-corrected chi connectivity index (χ0v) is 12.5. The largest absolute Gasteiger partial charge is 0.381 e. The van der Waals surface area contributed by atoms with Crippen molar-refractivity contribution in [2.45, 2.75) is 38.5 Å². The van der Waals surface area contributed by atoms with Gasteiger partial charge in [0.2, 0.25) is 5.91 Å². The number of rotatable bonds is 5. The Bertz CT molecular complexity index is 228. The van der Waals surface area contributed by atoms with Gasteiger partial charge in [-0.3, -0.25) is 4.79 Å². The van der Waals surface area contributed by atoms with Gasteiger partial charge in [-0.1, -0.05) is 0 Å². The summed E-state index contributed by atoms with van der Waals surface area (Å²) in [6.45, 7) is 4.79. The Hall–Kier alpha value is -0.320. The maximum absolute atomic E-state index is 11.8. The van der Waals surface area contributed by atoms with Crippen LogP contribution in [0.5, 0.6) is 0 Å². The normalized spacial score (nSPS) is 21.7. The molecule has 2 saturated heterocycles. The zero-order valence-electron chi connectivity index (χ0n) is 11.7. The van der Waals surface area contributed by atoms with E-state index >= 15 is 0 Å². The molecule has 0 unspecified atom stereocenters. The standard InChI is InChI=1S/C14H26N2O2.ClH/c17-14(2-1-12-3-7-15-8-4-12)16-11-13-5-9-18-10-6-13;/h12-13,15H,1-11H2,(H,16,17);1H. The second-order valence-electron chi connectivity index (χ2n) is 5.59. The fraction of sp³-hybridized carbons (Fsp3) is 0.929. The van der Waals surface area contributed by atoms with Crippen LogP contribution in [0, 0.1) is 11.8 Å². The molecule has 2 rings (SSSR count). The molecule has 0 atom stereocenters. The van der Waals surface area contributed by atoms with Gasteiger partial charge < -0.3 is 15.4 Å². The minimum atomic E-state index is 0. The summed E-state index contributed by atoms with van der Waals surface area (Å²) in [5.41, 5.74) is 0. The zero-order chi connectivity index (χ0) is 12.6. The first-order valence-corrected chi connectivity index (χ1v) is 7.40. The summed E-state index contributed by atoms with van der Waals surface area (Å²) >= 11 is 0. The van der Waals surface area contributed by atoms with Gasteiger partial charge in [-0.25, -0.2) is 0 Å². The summed E-state index contributed by atoms with van der Waals surface area (Å²) in [7, 11) is 0. The van der Waals surface area contributed by atoms with Gasteiger partial charge in [-0.05, 0) is 57.0 Å². The highest BCUT2D eigenvalue weighted by Gasteiger charge is 2.16. The van der Waals surface area contributed by atoms with Gasteiger partial charge in [0.25, 0.3) is 0 Å². The average molecular weight is 291 g/mol. The summed E-state index contributed by atoms with van der Waals surface area (Å²) in [5.74, 6) is 1.61. The molecular weight excluding hydrogens is 264 g/mol. The van der Waals surface area contributed by atoms with Crippen molar-refractivity contribution < 1.29 is 9.53 Å². The Morgan fingerprint density at radius 3 is 2.47 bits per heavy atom. The van der Waals surface area contributed by atoms with Crippen molar-refractivity contribution in [3.8, 4) is 0 Å². The van der Waals surface area contributed by atoms with Gasteiger partial charge in [0.05, 0.1) is 0 Å². The monoisotopic (exact) mass is 290 g/mol. The number of carbonyl (C=O) groups excluding carboxylic acids is 1. The lowest BCUT2D eigenvalue weighted by Crippen LogP contribution is -2.33. The van der Waals surface area contributed by atoms with Crippen molar-refractivity contribution in [1.29, 1.82) is 0 Å². The molecule has 0 aromatic rings. The van der Waals surface area contributed by atoms with E-state index in [0.717, 1.165) is 58.0 Å². The molecule has 2 fully saturated rings. The fourth-order valence-electron chi connectivity index (χ4n) is 2.80. The molecule has 0 aromatic heterocycles. The highest BCUT2D eigenvalue weighted by Crippen LogP contribution is 2.18. The van der Waals surface area contributed by atoms with Crippen LogP contribution in [0.1, 0.15) is 38.5 Å². The second kappa shape index (κ2) is 9.56. The van der Waals surface area contributed by atoms with E-state index in [2.05, 4.69) is 10.6 Å². The number of hydrogen-bond donors (Lipinski definition) is 2. The summed E-state index contributed by atoms with van der Waals surface area (Å²) in [6.07, 6.45) is 6.40. The molecule has 2 N–H and O–H groups in total. The van der Waals surface area contributed by atoms with Crippen LogP contribution in [0.2, 0.25) is 0 Å². The Morgan fingerprint density at radius 2 is 1.79 bits per heavy atom. The fourth-order valence-corrected chi connectivity index (χ4v) is 2.80. The number of piperidine rings is 1. The van der Waals surface area contributed by atoms with Crippen molar-refractivity contribution in [2.24, 2.45) is 11.8 Å². The summed E-state index contributed by atoms with van der Waals surface area (Å²) in [4.78, 5) is 11.8. The number of halogens is 1. The van der Waals surface area contributed by atoms with Gasteiger partial charge in [0.15, 0.2) is 0 Å². The third-order valence-electron chi connectivity index (χ3n) is 4.17. The minimum absolute atomic E-state index is 0. The highest BCUT2D eigenvalue weighted by molar-refractivity contribution is 5.85. The van der Waals surface area contributed by atoms with Crippen LogP contribution in [-0.4, -0.2) is 38.8 Å². The first-order valence-electron chi connectivity index (χ1n) is 7.40. The molecule has 112 valence electrons. The van der Waals surface area contributed by atoms with Gasteiger partial charge in [0, 0.05) is 26.2 Å². The maximum atomic E-state index is 11.8. The molecule has 0 spiro atoms. The van der Waals surface area contributed by atoms with Crippen molar-refractivity contribution in [3.05, 3.63) is 0 Å². The number of hydrogen-bond acceptors (Lipinski definition) is 3. The van der Waals surface area contributed by atoms with Crippen LogP contribution >= 0.6 is 12.4 Å². The first-order chi connectivity index (χ1) is 8.84. The molecule has 2 heterocycles. The van der Waals surface area contributed by atoms with E-state index in [0.29, 0.717) is 12.3 Å². The minimum Gasteiger partial charge on any atom is -0.381 e. The highest BCUT2D eigenvalue weighted by atomic mass is 35.5. The number of carbonyl (C=O) groups is 1. The quantitative estimate of drug-likeness (QED) is 0.811. The predicted octanol–water partition coefficient (Wildman–Crippen LogP) is 1.73. The second-order valence-corrected chi connectivity index (χ2v) is 5.59. The van der Waals surface area contributed by atoms with E-state index in [4.69, 9.17) is 4.74 Å². The number of nitrogens with one attached hydrogen (secondary N) is 2. The lowest BCUT2D eigenvalue weighted by Gasteiger charge is -2.23. The van der Waals surface area contributed by atoms with Crippen molar-refractivity contribution in [1.82, 2.24) is 10.6 Å². The molecule has 0 bridgehead atoms. The van der Waals surface area contributed by atoms with Crippen molar-refractivity contribution in [2.75, 3.05) is 32.8 Å². The van der Waals surface area contributed by atoms with E-state index < -0.39 is 0 Å². The van der Waals surface area contributed by atoms with Crippen LogP contribution < -0.4 is 10.6 Å². The van der Waals surface area contributed by atoms with Gasteiger partial charge in [-0.2, -0.15) is 0 Å². The molecule has 2 aliphatic heterocycles.